The molecule has 1 aromatic carbocycles. The first kappa shape index (κ1) is 16.0. The molecule has 0 bridgehead atoms. The molecule has 0 N–H and O–H groups in total. The Hall–Kier alpha value is -2.88. The Bertz CT molecular complexity index is 829. The van der Waals surface area contributed by atoms with E-state index in [4.69, 9.17) is 5.26 Å². The first-order valence-corrected chi connectivity index (χ1v) is 7.22. The second-order valence-electron chi connectivity index (χ2n) is 5.63. The molecule has 0 aliphatic carbocycles. The van der Waals surface area contributed by atoms with Gasteiger partial charge in [-0.3, -0.25) is 9.78 Å². The molecule has 1 aromatic heterocycles. The van der Waals surface area contributed by atoms with Crippen LogP contribution in [-0.2, 0) is 5.67 Å². The lowest BCUT2D eigenvalue weighted by Crippen LogP contribution is -2.32. The third-order valence-corrected chi connectivity index (χ3v) is 4.06. The van der Waals surface area contributed by atoms with E-state index >= 15 is 4.39 Å². The third-order valence-electron chi connectivity index (χ3n) is 4.06. The van der Waals surface area contributed by atoms with Gasteiger partial charge in [0.25, 0.3) is 5.91 Å². The van der Waals surface area contributed by atoms with Gasteiger partial charge in [0, 0.05) is 31.4 Å². The molecule has 1 saturated heterocycles. The van der Waals surface area contributed by atoms with Gasteiger partial charge in [0.2, 0.25) is 0 Å². The molecule has 1 unspecified atom stereocenters. The van der Waals surface area contributed by atoms with Crippen LogP contribution >= 0.6 is 0 Å². The highest BCUT2D eigenvalue weighted by atomic mass is 19.1. The number of carbonyl (C=O) groups excluding carboxylic acids is 1. The fourth-order valence-electron chi connectivity index (χ4n) is 2.83. The highest BCUT2D eigenvalue weighted by Crippen LogP contribution is 2.37. The minimum atomic E-state index is -2.03. The number of likely N-dealkylation sites (tertiary alicyclic amines) is 1. The molecular formula is C17H12F3N3O. The van der Waals surface area contributed by atoms with E-state index in [2.05, 4.69) is 4.98 Å². The summed E-state index contributed by atoms with van der Waals surface area (Å²) in [4.78, 5) is 17.5. The molecular weight excluding hydrogens is 319 g/mol. The Morgan fingerprint density at radius 1 is 1.29 bits per heavy atom. The predicted octanol–water partition coefficient (Wildman–Crippen LogP) is 2.94. The van der Waals surface area contributed by atoms with E-state index in [0.29, 0.717) is 6.07 Å². The van der Waals surface area contributed by atoms with Gasteiger partial charge < -0.3 is 4.90 Å². The van der Waals surface area contributed by atoms with Gasteiger partial charge in [-0.1, -0.05) is 0 Å². The minimum Gasteiger partial charge on any atom is -0.335 e. The number of alkyl halides is 1. The van der Waals surface area contributed by atoms with Crippen LogP contribution in [0.5, 0.6) is 0 Å². The van der Waals surface area contributed by atoms with Crippen molar-refractivity contribution in [3.05, 3.63) is 65.0 Å². The summed E-state index contributed by atoms with van der Waals surface area (Å²) in [6, 6.07) is 5.81. The van der Waals surface area contributed by atoms with E-state index in [0.717, 1.165) is 12.1 Å². The number of nitriles is 1. The Labute approximate surface area is 136 Å². The molecule has 3 rings (SSSR count). The second-order valence-corrected chi connectivity index (χ2v) is 5.63. The topological polar surface area (TPSA) is 57.0 Å². The molecule has 2 aromatic rings. The molecule has 7 heteroatoms. The number of amides is 1. The molecule has 2 heterocycles. The van der Waals surface area contributed by atoms with Crippen LogP contribution in [0.1, 0.15) is 27.9 Å². The molecule has 24 heavy (non-hydrogen) atoms. The summed E-state index contributed by atoms with van der Waals surface area (Å²) in [5, 5.41) is 9.05. The number of nitrogens with zero attached hydrogens (tertiary/aromatic N) is 3. The lowest BCUT2D eigenvalue weighted by atomic mass is 9.95. The number of hydrogen-bond donors (Lipinski definition) is 0. The lowest BCUT2D eigenvalue weighted by Gasteiger charge is -2.22. The zero-order valence-corrected chi connectivity index (χ0v) is 12.5. The van der Waals surface area contributed by atoms with Gasteiger partial charge in [-0.05, 0) is 23.8 Å². The number of hydrogen-bond acceptors (Lipinski definition) is 3. The maximum absolute atomic E-state index is 15.1. The minimum absolute atomic E-state index is 0.0766. The average molecular weight is 331 g/mol. The largest absolute Gasteiger partial charge is 0.335 e. The number of benzene rings is 1. The van der Waals surface area contributed by atoms with Gasteiger partial charge in [-0.25, -0.2) is 13.2 Å². The van der Waals surface area contributed by atoms with E-state index < -0.39 is 23.2 Å². The fraction of sp³-hybridized carbons (Fsp3) is 0.235. The zero-order valence-electron chi connectivity index (χ0n) is 12.5. The summed E-state index contributed by atoms with van der Waals surface area (Å²) in [5.74, 6) is -2.27. The van der Waals surface area contributed by atoms with E-state index in [-0.39, 0.29) is 36.2 Å². The lowest BCUT2D eigenvalue weighted by molar-refractivity contribution is 0.0749. The van der Waals surface area contributed by atoms with Crippen molar-refractivity contribution >= 4 is 5.91 Å². The van der Waals surface area contributed by atoms with Crippen LogP contribution in [-0.4, -0.2) is 28.9 Å². The quantitative estimate of drug-likeness (QED) is 0.850. The highest BCUT2D eigenvalue weighted by molar-refractivity contribution is 5.96. The summed E-state index contributed by atoms with van der Waals surface area (Å²) < 4.78 is 41.8. The summed E-state index contributed by atoms with van der Waals surface area (Å²) >= 11 is 0. The first-order chi connectivity index (χ1) is 11.4. The van der Waals surface area contributed by atoms with Crippen LogP contribution in [0.3, 0.4) is 0 Å². The zero-order chi connectivity index (χ0) is 17.3. The second kappa shape index (κ2) is 5.96. The van der Waals surface area contributed by atoms with Gasteiger partial charge >= 0.3 is 0 Å². The number of carbonyl (C=O) groups is 1. The maximum Gasteiger partial charge on any atom is 0.256 e. The molecule has 0 spiro atoms. The van der Waals surface area contributed by atoms with E-state index in [1.54, 1.807) is 0 Å². The van der Waals surface area contributed by atoms with Gasteiger partial charge in [0.1, 0.15) is 17.7 Å². The number of rotatable bonds is 2. The number of aromatic nitrogens is 1. The molecule has 1 fully saturated rings. The third kappa shape index (κ3) is 2.83. The summed E-state index contributed by atoms with van der Waals surface area (Å²) in [6.07, 6.45) is 2.55. The maximum atomic E-state index is 15.1. The van der Waals surface area contributed by atoms with Crippen LogP contribution in [0.2, 0.25) is 0 Å². The van der Waals surface area contributed by atoms with Crippen LogP contribution < -0.4 is 0 Å². The number of pyridine rings is 1. The highest BCUT2D eigenvalue weighted by Gasteiger charge is 2.42. The molecule has 0 radical (unpaired) electrons. The first-order valence-electron chi connectivity index (χ1n) is 7.22. The SMILES string of the molecule is N#Cc1ccncc1C(=O)N1CCC(F)(c2cc(F)cc(F)c2)C1. The van der Waals surface area contributed by atoms with Crippen LogP contribution in [0.4, 0.5) is 13.2 Å². The average Bonchev–Trinajstić information content (AvgIpc) is 2.97. The van der Waals surface area contributed by atoms with Crippen LogP contribution in [0, 0.1) is 23.0 Å². The summed E-state index contributed by atoms with van der Waals surface area (Å²) in [5.41, 5.74) is -1.95. The predicted molar refractivity (Wildman–Crippen MR) is 78.6 cm³/mol. The van der Waals surface area contributed by atoms with Crippen molar-refractivity contribution in [1.82, 2.24) is 9.88 Å². The van der Waals surface area contributed by atoms with Gasteiger partial charge in [-0.15, -0.1) is 0 Å². The van der Waals surface area contributed by atoms with Gasteiger partial charge in [0.05, 0.1) is 17.7 Å². The van der Waals surface area contributed by atoms with Gasteiger partial charge in [-0.2, -0.15) is 5.26 Å². The van der Waals surface area contributed by atoms with Crippen molar-refractivity contribution in [1.29, 1.82) is 5.26 Å². The normalized spacial score (nSPS) is 20.0. The summed E-state index contributed by atoms with van der Waals surface area (Å²) in [7, 11) is 0. The van der Waals surface area contributed by atoms with E-state index in [1.165, 1.54) is 23.4 Å². The molecule has 4 nitrogen and oxygen atoms in total. The Balaban J connectivity index is 1.87. The monoisotopic (exact) mass is 331 g/mol. The standard InChI is InChI=1S/C17H12F3N3O/c18-13-5-12(6-14(19)7-13)17(20)2-4-23(10-17)16(24)15-9-22-3-1-11(15)8-21/h1,3,5-7,9H,2,4,10H2. The molecule has 1 aliphatic heterocycles. The molecule has 1 aliphatic rings. The van der Waals surface area contributed by atoms with Gasteiger partial charge in [0.15, 0.2) is 5.67 Å². The molecule has 1 atom stereocenters. The van der Waals surface area contributed by atoms with E-state index in [9.17, 15) is 13.6 Å². The molecule has 0 saturated carbocycles. The van der Waals surface area contributed by atoms with E-state index in [1.807, 2.05) is 6.07 Å². The van der Waals surface area contributed by atoms with Crippen LogP contribution in [0.15, 0.2) is 36.7 Å². The van der Waals surface area contributed by atoms with Crippen molar-refractivity contribution in [2.45, 2.75) is 12.1 Å². The Morgan fingerprint density at radius 2 is 2.00 bits per heavy atom. The fourth-order valence-corrected chi connectivity index (χ4v) is 2.83. The van der Waals surface area contributed by atoms with Crippen LogP contribution in [0.25, 0.3) is 0 Å². The molecule has 1 amide bonds. The number of halogens is 3. The van der Waals surface area contributed by atoms with Crippen molar-refractivity contribution < 1.29 is 18.0 Å². The van der Waals surface area contributed by atoms with Crippen molar-refractivity contribution in [3.63, 3.8) is 0 Å². The smallest absolute Gasteiger partial charge is 0.256 e. The molecule has 122 valence electrons. The Kier molecular flexibility index (Phi) is 3.97. The Morgan fingerprint density at radius 3 is 2.67 bits per heavy atom. The van der Waals surface area contributed by atoms with Crippen molar-refractivity contribution in [3.8, 4) is 6.07 Å². The summed E-state index contributed by atoms with van der Waals surface area (Å²) in [6.45, 7) is -0.262. The van der Waals surface area contributed by atoms with Crippen molar-refractivity contribution in [2.24, 2.45) is 0 Å². The van der Waals surface area contributed by atoms with Crippen molar-refractivity contribution in [2.75, 3.05) is 13.1 Å².